The summed E-state index contributed by atoms with van der Waals surface area (Å²) in [6.07, 6.45) is -0.839. The third kappa shape index (κ3) is 2.78. The van der Waals surface area contributed by atoms with E-state index < -0.39 is 24.0 Å². The number of carboxylic acid groups (broad SMARTS) is 1. The molecule has 1 aliphatic heterocycles. The highest BCUT2D eigenvalue weighted by molar-refractivity contribution is 6.01. The third-order valence-electron chi connectivity index (χ3n) is 3.47. The molecular formula is C14H17NO6. The summed E-state index contributed by atoms with van der Waals surface area (Å²) in [5.74, 6) is -1.09. The number of aliphatic hydroxyl groups is 1. The topological polar surface area (TPSA) is 96.3 Å². The van der Waals surface area contributed by atoms with Gasteiger partial charge in [-0.1, -0.05) is 6.07 Å². The molecule has 2 rings (SSSR count). The van der Waals surface area contributed by atoms with Gasteiger partial charge in [0.05, 0.1) is 20.3 Å². The molecule has 1 heterocycles. The average molecular weight is 295 g/mol. The van der Waals surface area contributed by atoms with Gasteiger partial charge in [0.2, 0.25) is 0 Å². The first-order valence-electron chi connectivity index (χ1n) is 6.42. The molecule has 1 saturated heterocycles. The van der Waals surface area contributed by atoms with E-state index in [4.69, 9.17) is 9.47 Å². The third-order valence-corrected chi connectivity index (χ3v) is 3.47. The molecule has 0 aliphatic carbocycles. The van der Waals surface area contributed by atoms with Crippen LogP contribution in [0.1, 0.15) is 16.8 Å². The monoisotopic (exact) mass is 295 g/mol. The van der Waals surface area contributed by atoms with E-state index in [1.165, 1.54) is 14.2 Å². The quantitative estimate of drug-likeness (QED) is 0.833. The zero-order valence-corrected chi connectivity index (χ0v) is 11.8. The summed E-state index contributed by atoms with van der Waals surface area (Å²) in [4.78, 5) is 25.0. The van der Waals surface area contributed by atoms with E-state index in [1.807, 2.05) is 0 Å². The minimum absolute atomic E-state index is 0.0124. The van der Waals surface area contributed by atoms with Crippen molar-refractivity contribution in [3.05, 3.63) is 23.8 Å². The number of hydrogen-bond acceptors (Lipinski definition) is 5. The van der Waals surface area contributed by atoms with E-state index in [9.17, 15) is 19.8 Å². The summed E-state index contributed by atoms with van der Waals surface area (Å²) in [6, 6.07) is 3.81. The number of aliphatic carboxylic acids is 1. The molecule has 0 bridgehead atoms. The Hall–Kier alpha value is -2.28. The second-order valence-electron chi connectivity index (χ2n) is 4.74. The van der Waals surface area contributed by atoms with Crippen LogP contribution in [0.4, 0.5) is 0 Å². The number of likely N-dealkylation sites (tertiary alicyclic amines) is 1. The van der Waals surface area contributed by atoms with Gasteiger partial charge >= 0.3 is 5.97 Å². The molecule has 1 aliphatic rings. The van der Waals surface area contributed by atoms with Crippen LogP contribution in [0.2, 0.25) is 0 Å². The van der Waals surface area contributed by atoms with Crippen molar-refractivity contribution in [2.75, 3.05) is 20.8 Å². The van der Waals surface area contributed by atoms with E-state index in [-0.39, 0.29) is 18.5 Å². The Morgan fingerprint density at radius 3 is 2.29 bits per heavy atom. The molecule has 0 radical (unpaired) electrons. The summed E-state index contributed by atoms with van der Waals surface area (Å²) >= 11 is 0. The van der Waals surface area contributed by atoms with Crippen molar-refractivity contribution in [2.24, 2.45) is 0 Å². The Bertz CT molecular complexity index is 536. The number of hydrogen-bond donors (Lipinski definition) is 2. The minimum Gasteiger partial charge on any atom is -0.496 e. The fourth-order valence-electron chi connectivity index (χ4n) is 2.48. The SMILES string of the molecule is COc1cccc(OC)c1C(=O)N1C[C@@H](O)C[C@H]1C(=O)O. The van der Waals surface area contributed by atoms with Gasteiger partial charge in [-0.25, -0.2) is 4.79 Å². The molecule has 1 aromatic carbocycles. The van der Waals surface area contributed by atoms with E-state index in [2.05, 4.69) is 0 Å². The summed E-state index contributed by atoms with van der Waals surface area (Å²) in [6.45, 7) is -0.0308. The van der Waals surface area contributed by atoms with Crippen molar-refractivity contribution in [2.45, 2.75) is 18.6 Å². The molecule has 0 unspecified atom stereocenters. The Labute approximate surface area is 121 Å². The standard InChI is InChI=1S/C14H17NO6/c1-20-10-4-3-5-11(21-2)12(10)13(17)15-7-8(16)6-9(15)14(18)19/h3-5,8-9,16H,6-7H2,1-2H3,(H,18,19)/t8-,9-/m0/s1. The van der Waals surface area contributed by atoms with Crippen LogP contribution in [-0.2, 0) is 4.79 Å². The molecule has 114 valence electrons. The van der Waals surface area contributed by atoms with Gasteiger partial charge < -0.3 is 24.6 Å². The lowest BCUT2D eigenvalue weighted by molar-refractivity contribution is -0.141. The van der Waals surface area contributed by atoms with Gasteiger partial charge in [-0.2, -0.15) is 0 Å². The van der Waals surface area contributed by atoms with Gasteiger partial charge in [0.1, 0.15) is 23.1 Å². The van der Waals surface area contributed by atoms with Gasteiger partial charge in [0.25, 0.3) is 5.91 Å². The largest absolute Gasteiger partial charge is 0.496 e. The first-order chi connectivity index (χ1) is 9.99. The lowest BCUT2D eigenvalue weighted by atomic mass is 10.1. The fourth-order valence-corrected chi connectivity index (χ4v) is 2.48. The van der Waals surface area contributed by atoms with Crippen molar-refractivity contribution < 1.29 is 29.3 Å². The number of β-amino-alcohol motifs (C(OH)–C–C–N with tert-alkyl or cyclic N) is 1. The van der Waals surface area contributed by atoms with E-state index in [0.717, 1.165) is 4.90 Å². The van der Waals surface area contributed by atoms with Gasteiger partial charge in [0, 0.05) is 13.0 Å². The highest BCUT2D eigenvalue weighted by Gasteiger charge is 2.40. The fraction of sp³-hybridized carbons (Fsp3) is 0.429. The summed E-state index contributed by atoms with van der Waals surface area (Å²) in [7, 11) is 2.83. The minimum atomic E-state index is -1.14. The molecule has 0 saturated carbocycles. The van der Waals surface area contributed by atoms with Crippen LogP contribution >= 0.6 is 0 Å². The molecule has 7 nitrogen and oxygen atoms in total. The van der Waals surface area contributed by atoms with Crippen molar-refractivity contribution >= 4 is 11.9 Å². The van der Waals surface area contributed by atoms with Crippen molar-refractivity contribution in [1.82, 2.24) is 4.90 Å². The molecular weight excluding hydrogens is 278 g/mol. The molecule has 2 atom stereocenters. The van der Waals surface area contributed by atoms with Gasteiger partial charge in [-0.05, 0) is 12.1 Å². The maximum absolute atomic E-state index is 12.7. The summed E-state index contributed by atoms with van der Waals surface area (Å²) in [5, 5.41) is 18.8. The van der Waals surface area contributed by atoms with E-state index in [0.29, 0.717) is 11.5 Å². The highest BCUT2D eigenvalue weighted by atomic mass is 16.5. The number of carboxylic acids is 1. The Morgan fingerprint density at radius 2 is 1.81 bits per heavy atom. The van der Waals surface area contributed by atoms with E-state index >= 15 is 0 Å². The van der Waals surface area contributed by atoms with Crippen LogP contribution in [-0.4, -0.2) is 59.9 Å². The van der Waals surface area contributed by atoms with Crippen LogP contribution < -0.4 is 9.47 Å². The second kappa shape index (κ2) is 6.01. The maximum Gasteiger partial charge on any atom is 0.326 e. The normalized spacial score (nSPS) is 21.2. The molecule has 7 heteroatoms. The smallest absolute Gasteiger partial charge is 0.326 e. The number of amides is 1. The number of ether oxygens (including phenoxy) is 2. The van der Waals surface area contributed by atoms with Crippen LogP contribution in [0.5, 0.6) is 11.5 Å². The lowest BCUT2D eigenvalue weighted by Crippen LogP contribution is -2.40. The lowest BCUT2D eigenvalue weighted by Gasteiger charge is -2.23. The first kappa shape index (κ1) is 15.1. The van der Waals surface area contributed by atoms with Gasteiger partial charge in [-0.3, -0.25) is 4.79 Å². The van der Waals surface area contributed by atoms with Crippen LogP contribution in [0.3, 0.4) is 0 Å². The molecule has 1 aromatic rings. The Morgan fingerprint density at radius 1 is 1.24 bits per heavy atom. The molecule has 0 spiro atoms. The van der Waals surface area contributed by atoms with E-state index in [1.54, 1.807) is 18.2 Å². The molecule has 2 N–H and O–H groups in total. The zero-order valence-electron chi connectivity index (χ0n) is 11.8. The second-order valence-corrected chi connectivity index (χ2v) is 4.74. The highest BCUT2D eigenvalue weighted by Crippen LogP contribution is 2.32. The molecule has 1 fully saturated rings. The number of carbonyl (C=O) groups is 2. The van der Waals surface area contributed by atoms with Crippen molar-refractivity contribution in [3.63, 3.8) is 0 Å². The van der Waals surface area contributed by atoms with Crippen LogP contribution in [0.15, 0.2) is 18.2 Å². The maximum atomic E-state index is 12.7. The molecule has 0 aromatic heterocycles. The number of carbonyl (C=O) groups excluding carboxylic acids is 1. The average Bonchev–Trinajstić information content (AvgIpc) is 2.87. The number of methoxy groups -OCH3 is 2. The predicted octanol–water partition coefficient (Wildman–Crippen LogP) is 0.364. The number of rotatable bonds is 4. The molecule has 1 amide bonds. The Kier molecular flexibility index (Phi) is 4.32. The number of aliphatic hydroxyl groups excluding tert-OH is 1. The van der Waals surface area contributed by atoms with Gasteiger partial charge in [0.15, 0.2) is 0 Å². The van der Waals surface area contributed by atoms with Gasteiger partial charge in [-0.15, -0.1) is 0 Å². The predicted molar refractivity (Wildman–Crippen MR) is 72.6 cm³/mol. The van der Waals surface area contributed by atoms with Crippen LogP contribution in [0.25, 0.3) is 0 Å². The number of benzene rings is 1. The number of nitrogens with zero attached hydrogens (tertiary/aromatic N) is 1. The molecule has 21 heavy (non-hydrogen) atoms. The summed E-state index contributed by atoms with van der Waals surface area (Å²) < 4.78 is 10.3. The first-order valence-corrected chi connectivity index (χ1v) is 6.42. The summed E-state index contributed by atoms with van der Waals surface area (Å²) in [5.41, 5.74) is 0.155. The Balaban J connectivity index is 2.42. The van der Waals surface area contributed by atoms with Crippen molar-refractivity contribution in [1.29, 1.82) is 0 Å². The zero-order chi connectivity index (χ0) is 15.6. The van der Waals surface area contributed by atoms with Crippen molar-refractivity contribution in [3.8, 4) is 11.5 Å². The van der Waals surface area contributed by atoms with Crippen LogP contribution in [0, 0.1) is 0 Å².